The maximum absolute atomic E-state index is 14.6. The van der Waals surface area contributed by atoms with Crippen LogP contribution in [0.3, 0.4) is 0 Å². The fraction of sp³-hybridized carbons (Fsp3) is 0.512. The van der Waals surface area contributed by atoms with Gasteiger partial charge in [-0.2, -0.15) is 5.10 Å². The zero-order chi connectivity index (χ0) is 36.2. The number of Topliss-reactive ketones (excluding diaryl/α,β-unsaturated/α-hetero) is 3. The summed E-state index contributed by atoms with van der Waals surface area (Å²) in [5, 5.41) is 5.49. The second-order valence-electron chi connectivity index (χ2n) is 15.9. The molecule has 3 aliphatic rings. The van der Waals surface area contributed by atoms with Crippen LogP contribution in [0.4, 0.5) is 0 Å². The van der Waals surface area contributed by atoms with Gasteiger partial charge in [-0.1, -0.05) is 32.8 Å². The Labute approximate surface area is 299 Å². The molecule has 2 fully saturated rings. The fourth-order valence-electron chi connectivity index (χ4n) is 8.56. The molecule has 3 atom stereocenters. The summed E-state index contributed by atoms with van der Waals surface area (Å²) >= 11 is 0. The average Bonchev–Trinajstić information content (AvgIpc) is 3.49. The molecule has 1 amide bonds. The van der Waals surface area contributed by atoms with Crippen molar-refractivity contribution in [1.29, 1.82) is 0 Å². The molecule has 0 radical (unpaired) electrons. The number of piperidine rings is 1. The monoisotopic (exact) mass is 688 g/mol. The first kappa shape index (κ1) is 34.8. The molecule has 7 rings (SSSR count). The number of rotatable bonds is 5. The normalized spacial score (nSPS) is 23.6. The topological polar surface area (TPSA) is 128 Å². The van der Waals surface area contributed by atoms with E-state index in [2.05, 4.69) is 34.9 Å². The predicted molar refractivity (Wildman–Crippen MR) is 194 cm³/mol. The first-order chi connectivity index (χ1) is 24.3. The van der Waals surface area contributed by atoms with Crippen LogP contribution >= 0.6 is 0 Å². The van der Waals surface area contributed by atoms with Crippen LogP contribution in [0.2, 0.25) is 0 Å². The summed E-state index contributed by atoms with van der Waals surface area (Å²) in [7, 11) is 0. The van der Waals surface area contributed by atoms with Crippen LogP contribution in [0, 0.1) is 31.6 Å². The highest BCUT2D eigenvalue weighted by molar-refractivity contribution is 6.07. The van der Waals surface area contributed by atoms with Crippen LogP contribution in [0.25, 0.3) is 22.0 Å². The third-order valence-corrected chi connectivity index (χ3v) is 11.8. The number of carbonyl (C=O) groups excluding carboxylic acids is 4. The molecule has 10 heteroatoms. The van der Waals surface area contributed by atoms with Crippen molar-refractivity contribution in [2.24, 2.45) is 10.8 Å². The molecule has 10 nitrogen and oxygen atoms in total. The van der Waals surface area contributed by atoms with Gasteiger partial charge in [0.25, 0.3) is 0 Å². The molecule has 1 aliphatic carbocycles. The molecular weight excluding hydrogens is 640 g/mol. The molecule has 1 saturated heterocycles. The summed E-state index contributed by atoms with van der Waals surface area (Å²) in [4.78, 5) is 70.7. The van der Waals surface area contributed by atoms with Crippen LogP contribution in [0.15, 0.2) is 36.7 Å². The summed E-state index contributed by atoms with van der Waals surface area (Å²) in [6.45, 7) is 11.2. The van der Waals surface area contributed by atoms with E-state index >= 15 is 0 Å². The number of ketones is 3. The van der Waals surface area contributed by atoms with Crippen molar-refractivity contribution in [3.05, 3.63) is 70.7 Å². The van der Waals surface area contributed by atoms with Crippen molar-refractivity contribution in [3.63, 3.8) is 0 Å². The van der Waals surface area contributed by atoms with Crippen molar-refractivity contribution in [2.45, 2.75) is 124 Å². The Morgan fingerprint density at radius 1 is 0.922 bits per heavy atom. The van der Waals surface area contributed by atoms with E-state index in [0.717, 1.165) is 71.3 Å². The largest absolute Gasteiger partial charge is 0.327 e. The van der Waals surface area contributed by atoms with Gasteiger partial charge in [0, 0.05) is 53.8 Å². The number of aromatic nitrogens is 5. The van der Waals surface area contributed by atoms with E-state index in [-0.39, 0.29) is 47.7 Å². The van der Waals surface area contributed by atoms with Gasteiger partial charge in [0.1, 0.15) is 23.8 Å². The molecule has 0 N–H and O–H groups in total. The molecular formula is C41H48N6O4. The van der Waals surface area contributed by atoms with E-state index in [9.17, 15) is 19.2 Å². The second-order valence-corrected chi connectivity index (χ2v) is 15.9. The first-order valence-electron chi connectivity index (χ1n) is 18.4. The summed E-state index contributed by atoms with van der Waals surface area (Å²) in [6, 6.07) is 7.26. The molecule has 0 unspecified atom stereocenters. The number of amides is 1. The van der Waals surface area contributed by atoms with Crippen LogP contribution in [-0.2, 0) is 33.8 Å². The Morgan fingerprint density at radius 3 is 2.43 bits per heavy atom. The number of hydrogen-bond acceptors (Lipinski definition) is 8. The number of aryl methyl sites for hydroxylation is 4. The van der Waals surface area contributed by atoms with Gasteiger partial charge in [-0.3, -0.25) is 28.8 Å². The maximum atomic E-state index is 14.6. The van der Waals surface area contributed by atoms with Gasteiger partial charge in [-0.25, -0.2) is 9.97 Å². The molecule has 266 valence electrons. The number of carbonyl (C=O) groups is 4. The standard InChI is InChI=1S/C41H48N6O4/c1-24-11-12-25(2)44-32(24)18-34(49)33-19-41-15-13-36(50)40(5,6)14-9-7-8-10-28-16-29(30-21-42-27(4)43-22-30)17-31-38(26(3)48)45-46(39(28)31)23-37(51)47(33)35(41)20-41/h11-12,16-17,21-22,33,35H,7-10,13-15,18-20,23H2,1-6H3/t33-,35+,41-/m0/s1. The van der Waals surface area contributed by atoms with Gasteiger partial charge >= 0.3 is 0 Å². The van der Waals surface area contributed by atoms with Crippen molar-refractivity contribution < 1.29 is 19.2 Å². The molecule has 0 spiro atoms. The number of pyridine rings is 1. The summed E-state index contributed by atoms with van der Waals surface area (Å²) in [5.74, 6) is 0.525. The number of hydrogen-bond donors (Lipinski definition) is 0. The number of benzene rings is 1. The van der Waals surface area contributed by atoms with E-state index in [4.69, 9.17) is 5.10 Å². The smallest absolute Gasteiger partial charge is 0.245 e. The summed E-state index contributed by atoms with van der Waals surface area (Å²) in [6.07, 6.45) is 10.4. The zero-order valence-electron chi connectivity index (χ0n) is 30.7. The Hall–Kier alpha value is -4.60. The van der Waals surface area contributed by atoms with Crippen LogP contribution in [-0.4, -0.2) is 65.0 Å². The Kier molecular flexibility index (Phi) is 9.00. The van der Waals surface area contributed by atoms with E-state index in [0.29, 0.717) is 42.6 Å². The van der Waals surface area contributed by atoms with E-state index in [1.165, 1.54) is 6.92 Å². The van der Waals surface area contributed by atoms with Gasteiger partial charge in [-0.05, 0) is 99.6 Å². The third kappa shape index (κ3) is 6.65. The van der Waals surface area contributed by atoms with Crippen molar-refractivity contribution in [3.8, 4) is 11.1 Å². The van der Waals surface area contributed by atoms with Gasteiger partial charge in [0.05, 0.1) is 23.7 Å². The quantitative estimate of drug-likeness (QED) is 0.213. The fourth-order valence-corrected chi connectivity index (χ4v) is 8.56. The highest BCUT2D eigenvalue weighted by Crippen LogP contribution is 2.62. The van der Waals surface area contributed by atoms with Gasteiger partial charge < -0.3 is 4.90 Å². The maximum Gasteiger partial charge on any atom is 0.245 e. The minimum absolute atomic E-state index is 0.0300. The Bertz CT molecular complexity index is 2060. The minimum Gasteiger partial charge on any atom is -0.327 e. The molecule has 2 aliphatic heterocycles. The molecule has 2 bridgehead atoms. The first-order valence-corrected chi connectivity index (χ1v) is 18.4. The van der Waals surface area contributed by atoms with Crippen molar-refractivity contribution in [2.75, 3.05) is 0 Å². The zero-order valence-corrected chi connectivity index (χ0v) is 30.7. The van der Waals surface area contributed by atoms with Crippen LogP contribution in [0.5, 0.6) is 0 Å². The van der Waals surface area contributed by atoms with Crippen molar-refractivity contribution in [1.82, 2.24) is 29.6 Å². The molecule has 51 heavy (non-hydrogen) atoms. The molecule has 1 aromatic carbocycles. The lowest BCUT2D eigenvalue weighted by atomic mass is 9.79. The van der Waals surface area contributed by atoms with E-state index in [1.807, 2.05) is 39.0 Å². The van der Waals surface area contributed by atoms with Gasteiger partial charge in [0.15, 0.2) is 11.6 Å². The average molecular weight is 689 g/mol. The van der Waals surface area contributed by atoms with E-state index in [1.54, 1.807) is 22.0 Å². The number of nitrogens with zero attached hydrogens (tertiary/aromatic N) is 6. The van der Waals surface area contributed by atoms with Crippen LogP contribution < -0.4 is 0 Å². The Morgan fingerprint density at radius 2 is 1.69 bits per heavy atom. The SMILES string of the molecule is CC(=O)c1nn2c3c(cc(-c4cnc(C)nc4)cc13)CCCCCC(C)(C)C(=O)CC[C@@]13C[C@@H](C(=O)Cc4nc(C)ccc4C)N(C(=O)C2)[C@@H]1C3. The van der Waals surface area contributed by atoms with Crippen molar-refractivity contribution >= 4 is 34.2 Å². The lowest BCUT2D eigenvalue weighted by molar-refractivity contribution is -0.139. The van der Waals surface area contributed by atoms with Gasteiger partial charge in [-0.15, -0.1) is 0 Å². The molecule has 4 aromatic rings. The summed E-state index contributed by atoms with van der Waals surface area (Å²) < 4.78 is 1.69. The Balaban J connectivity index is 1.31. The highest BCUT2D eigenvalue weighted by atomic mass is 16.2. The lowest BCUT2D eigenvalue weighted by Crippen LogP contribution is -2.45. The second kappa shape index (κ2) is 13.2. The predicted octanol–water partition coefficient (Wildman–Crippen LogP) is 6.68. The molecule has 5 heterocycles. The lowest BCUT2D eigenvalue weighted by Gasteiger charge is -2.27. The third-order valence-electron chi connectivity index (χ3n) is 11.8. The van der Waals surface area contributed by atoms with Crippen LogP contribution in [0.1, 0.15) is 111 Å². The van der Waals surface area contributed by atoms with E-state index < -0.39 is 11.5 Å². The minimum atomic E-state index is -0.610. The van der Waals surface area contributed by atoms with Gasteiger partial charge in [0.2, 0.25) is 5.91 Å². The highest BCUT2D eigenvalue weighted by Gasteiger charge is 2.66. The molecule has 1 saturated carbocycles. The molecule has 3 aromatic heterocycles. The summed E-state index contributed by atoms with van der Waals surface area (Å²) in [5.41, 5.74) is 5.63.